The maximum Gasteiger partial charge on any atom is 0.273 e. The maximum absolute atomic E-state index is 13.3. The number of rotatable bonds is 3. The van der Waals surface area contributed by atoms with Crippen LogP contribution in [0.3, 0.4) is 0 Å². The number of allylic oxidation sites excluding steroid dienone is 1. The Morgan fingerprint density at radius 1 is 1.36 bits per heavy atom. The molecule has 2 aromatic rings. The lowest BCUT2D eigenvalue weighted by atomic mass is 10.2. The predicted octanol–water partition coefficient (Wildman–Crippen LogP) is 5.01. The maximum atomic E-state index is 13.3. The highest BCUT2D eigenvalue weighted by Gasteiger charge is 2.26. The molecule has 1 unspecified atom stereocenters. The van der Waals surface area contributed by atoms with Crippen LogP contribution in [0.25, 0.3) is 6.08 Å². The number of hydrogen-bond acceptors (Lipinski definition) is 2. The van der Waals surface area contributed by atoms with E-state index in [1.807, 2.05) is 12.2 Å². The Morgan fingerprint density at radius 3 is 2.80 bits per heavy atom. The van der Waals surface area contributed by atoms with Crippen LogP contribution >= 0.6 is 22.4 Å². The van der Waals surface area contributed by atoms with Crippen LogP contribution in [0, 0.1) is 11.6 Å². The molecule has 1 aromatic heterocycles. The molecule has 0 aliphatic carbocycles. The van der Waals surface area contributed by atoms with Gasteiger partial charge in [0.1, 0.15) is 5.69 Å². The zero-order valence-corrected chi connectivity index (χ0v) is 14.6. The molecular weight excluding hydrogens is 370 g/mol. The van der Waals surface area contributed by atoms with Gasteiger partial charge in [0.15, 0.2) is 11.6 Å². The minimum atomic E-state index is -1.38. The van der Waals surface area contributed by atoms with E-state index in [2.05, 4.69) is 11.2 Å². The lowest BCUT2D eigenvalue weighted by Gasteiger charge is -2.11. The highest BCUT2D eigenvalue weighted by atomic mass is 35.5. The third kappa shape index (κ3) is 3.40. The van der Waals surface area contributed by atoms with Crippen LogP contribution in [0.5, 0.6) is 0 Å². The number of hydrogen-bond donors (Lipinski definition) is 2. The third-order valence-electron chi connectivity index (χ3n) is 3.86. The van der Waals surface area contributed by atoms with Crippen molar-refractivity contribution in [2.45, 2.75) is 24.3 Å². The lowest BCUT2D eigenvalue weighted by molar-refractivity contribution is 0.101. The predicted molar refractivity (Wildman–Crippen MR) is 97.6 cm³/mol. The van der Waals surface area contributed by atoms with Crippen molar-refractivity contribution in [2.24, 2.45) is 0 Å². The Labute approximate surface area is 150 Å². The molecule has 0 fully saturated rings. The molecule has 0 saturated heterocycles. The summed E-state index contributed by atoms with van der Waals surface area (Å²) in [6.07, 6.45) is 5.39. The number of benzene rings is 1. The van der Waals surface area contributed by atoms with E-state index in [0.717, 1.165) is 25.0 Å². The normalized spacial score (nSPS) is 14.7. The van der Waals surface area contributed by atoms with Crippen LogP contribution < -0.4 is 5.32 Å². The van der Waals surface area contributed by atoms with Crippen molar-refractivity contribution in [1.82, 2.24) is 4.57 Å². The number of nitrogens with one attached hydrogen (secondary N) is 1. The van der Waals surface area contributed by atoms with Crippen molar-refractivity contribution in [3.05, 3.63) is 52.3 Å². The van der Waals surface area contributed by atoms with Crippen LogP contribution in [0.2, 0.25) is 5.02 Å². The van der Waals surface area contributed by atoms with E-state index in [9.17, 15) is 18.1 Å². The number of carbonyl (C=O) groups excluding carboxylic acids is 1. The third-order valence-corrected chi connectivity index (χ3v) is 5.22. The summed E-state index contributed by atoms with van der Waals surface area (Å²) < 4.78 is 38.1. The topological polar surface area (TPSA) is 54.3 Å². The molecule has 0 saturated carbocycles. The highest BCUT2D eigenvalue weighted by molar-refractivity contribution is 8.09. The zero-order chi connectivity index (χ0) is 18.1. The van der Waals surface area contributed by atoms with Crippen molar-refractivity contribution >= 4 is 45.9 Å². The zero-order valence-electron chi connectivity index (χ0n) is 13.1. The fourth-order valence-electron chi connectivity index (χ4n) is 2.75. The van der Waals surface area contributed by atoms with Gasteiger partial charge in [0, 0.05) is 18.3 Å². The Bertz CT molecular complexity index is 909. The van der Waals surface area contributed by atoms with Crippen LogP contribution in [0.4, 0.5) is 14.5 Å². The number of nitrogens with zero attached hydrogens (tertiary/aromatic N) is 1. The van der Waals surface area contributed by atoms with E-state index < -0.39 is 28.3 Å². The molecule has 132 valence electrons. The molecule has 0 spiro atoms. The SMILES string of the molecule is C=S(O)c1c(Cl)c(C(=O)Nc2ccc(F)c(F)c2)n2c1C=CCCC2. The van der Waals surface area contributed by atoms with Crippen LogP contribution in [-0.4, -0.2) is 20.9 Å². The average molecular weight is 385 g/mol. The van der Waals surface area contributed by atoms with E-state index in [4.69, 9.17) is 11.6 Å². The fourth-order valence-corrected chi connectivity index (χ4v) is 4.03. The van der Waals surface area contributed by atoms with Crippen LogP contribution in [0.1, 0.15) is 29.0 Å². The van der Waals surface area contributed by atoms with E-state index in [1.165, 1.54) is 6.07 Å². The van der Waals surface area contributed by atoms with Crippen molar-refractivity contribution in [1.29, 1.82) is 0 Å². The van der Waals surface area contributed by atoms with Gasteiger partial charge in [0.05, 0.1) is 15.6 Å². The molecule has 2 N–H and O–H groups in total. The number of anilines is 1. The summed E-state index contributed by atoms with van der Waals surface area (Å²) in [5, 5.41) is 2.63. The second-order valence-corrected chi connectivity index (χ2v) is 7.04. The Hall–Kier alpha value is -1.96. The molecule has 25 heavy (non-hydrogen) atoms. The number of carbonyl (C=O) groups is 1. The second kappa shape index (κ2) is 7.11. The summed E-state index contributed by atoms with van der Waals surface area (Å²) in [5.41, 5.74) is 0.913. The minimum Gasteiger partial charge on any atom is -0.335 e. The highest BCUT2D eigenvalue weighted by Crippen LogP contribution is 2.39. The first-order valence-electron chi connectivity index (χ1n) is 7.48. The van der Waals surface area contributed by atoms with Gasteiger partial charge < -0.3 is 14.4 Å². The van der Waals surface area contributed by atoms with E-state index in [1.54, 1.807) is 4.57 Å². The Kier molecular flexibility index (Phi) is 5.08. The first kappa shape index (κ1) is 17.8. The van der Waals surface area contributed by atoms with Crippen molar-refractivity contribution in [3.8, 4) is 0 Å². The molecule has 1 aliphatic rings. The summed E-state index contributed by atoms with van der Waals surface area (Å²) in [4.78, 5) is 13.1. The van der Waals surface area contributed by atoms with E-state index in [0.29, 0.717) is 17.1 Å². The largest absolute Gasteiger partial charge is 0.335 e. The second-order valence-electron chi connectivity index (χ2n) is 5.52. The van der Waals surface area contributed by atoms with Crippen molar-refractivity contribution in [2.75, 3.05) is 5.32 Å². The molecule has 8 heteroatoms. The van der Waals surface area contributed by atoms with Gasteiger partial charge in [-0.05, 0) is 47.7 Å². The molecule has 0 radical (unpaired) electrons. The molecule has 3 rings (SSSR count). The monoisotopic (exact) mass is 384 g/mol. The van der Waals surface area contributed by atoms with Crippen molar-refractivity contribution in [3.63, 3.8) is 0 Å². The molecule has 1 aromatic carbocycles. The van der Waals surface area contributed by atoms with Crippen LogP contribution in [0.15, 0.2) is 29.2 Å². The van der Waals surface area contributed by atoms with Crippen molar-refractivity contribution < 1.29 is 18.1 Å². The van der Waals surface area contributed by atoms with Gasteiger partial charge in [0.25, 0.3) is 5.91 Å². The molecule has 1 aliphatic heterocycles. The van der Waals surface area contributed by atoms with E-state index >= 15 is 0 Å². The number of fused-ring (bicyclic) bond motifs is 1. The summed E-state index contributed by atoms with van der Waals surface area (Å²) in [5.74, 6) is 0.992. The minimum absolute atomic E-state index is 0.110. The summed E-state index contributed by atoms with van der Waals surface area (Å²) in [6.45, 7) is 0.541. The van der Waals surface area contributed by atoms with Gasteiger partial charge in [0.2, 0.25) is 0 Å². The number of halogens is 3. The number of amides is 1. The molecule has 1 amide bonds. The first-order valence-corrected chi connectivity index (χ1v) is 9.21. The summed E-state index contributed by atoms with van der Waals surface area (Å²) in [6, 6.07) is 3.09. The average Bonchev–Trinajstić information content (AvgIpc) is 2.68. The fraction of sp³-hybridized carbons (Fsp3) is 0.176. The van der Waals surface area contributed by atoms with Gasteiger partial charge in [-0.1, -0.05) is 17.7 Å². The van der Waals surface area contributed by atoms with Gasteiger partial charge in [-0.15, -0.1) is 0 Å². The summed E-state index contributed by atoms with van der Waals surface area (Å²) in [7, 11) is -1.38. The van der Waals surface area contributed by atoms with Gasteiger partial charge >= 0.3 is 0 Å². The molecule has 0 bridgehead atoms. The lowest BCUT2D eigenvalue weighted by Crippen LogP contribution is -2.18. The van der Waals surface area contributed by atoms with Gasteiger partial charge in [-0.2, -0.15) is 0 Å². The standard InChI is InChI=1S/C17H15ClF2N2O2S/c1-25(24)16-13-5-3-2-4-8-22(13)15(14(16)18)17(23)21-10-6-7-11(19)12(20)9-10/h3,5-7,9,24H,1-2,4,8H2,(H,21,23). The van der Waals surface area contributed by atoms with E-state index in [-0.39, 0.29) is 16.4 Å². The molecule has 1 atom stereocenters. The van der Waals surface area contributed by atoms with Gasteiger partial charge in [-0.3, -0.25) is 4.79 Å². The number of aromatic nitrogens is 1. The van der Waals surface area contributed by atoms with Crippen LogP contribution in [-0.2, 0) is 6.54 Å². The molecule has 4 nitrogen and oxygen atoms in total. The summed E-state index contributed by atoms with van der Waals surface area (Å²) >= 11 is 6.34. The Balaban J connectivity index is 2.04. The first-order chi connectivity index (χ1) is 11.9. The molecule has 2 heterocycles. The smallest absolute Gasteiger partial charge is 0.273 e. The molecular formula is C17H15ClF2N2O2S. The van der Waals surface area contributed by atoms with Gasteiger partial charge in [-0.25, -0.2) is 8.78 Å². The Morgan fingerprint density at radius 2 is 2.12 bits per heavy atom. The quantitative estimate of drug-likeness (QED) is 0.731.